The van der Waals surface area contributed by atoms with Crippen LogP contribution in [-0.4, -0.2) is 32.7 Å². The van der Waals surface area contributed by atoms with Gasteiger partial charge in [0.2, 0.25) is 0 Å². The van der Waals surface area contributed by atoms with Crippen LogP contribution in [0.5, 0.6) is 0 Å². The van der Waals surface area contributed by atoms with E-state index in [1.54, 1.807) is 0 Å². The third-order valence-corrected chi connectivity index (χ3v) is 5.99. The number of nitrogen functional groups attached to an aromatic ring is 1. The molecule has 4 rings (SSSR count). The zero-order valence-electron chi connectivity index (χ0n) is 17.3. The molecule has 154 valence electrons. The molecule has 3 N–H and O–H groups in total. The van der Waals surface area contributed by atoms with Crippen molar-refractivity contribution in [3.63, 3.8) is 0 Å². The molecule has 1 atom stereocenters. The average molecular weight is 393 g/mol. The number of benzene rings is 1. The molecule has 1 saturated heterocycles. The molecule has 0 saturated carbocycles. The Labute approximate surface area is 172 Å². The number of piperidine rings is 1. The molecule has 1 aliphatic heterocycles. The SMILES string of the molecule is CCCC(Cc1ccccc1)Cc1nc(N)c2ncc(CC3CCNCC3)n2n1. The first-order valence-electron chi connectivity index (χ1n) is 11.0. The van der Waals surface area contributed by atoms with Gasteiger partial charge in [-0.1, -0.05) is 43.7 Å². The van der Waals surface area contributed by atoms with E-state index in [1.165, 1.54) is 18.4 Å². The number of rotatable bonds is 8. The second kappa shape index (κ2) is 9.35. The lowest BCUT2D eigenvalue weighted by atomic mass is 9.92. The van der Waals surface area contributed by atoms with Crippen LogP contribution < -0.4 is 11.1 Å². The topological polar surface area (TPSA) is 81.1 Å². The molecule has 0 aliphatic carbocycles. The summed E-state index contributed by atoms with van der Waals surface area (Å²) in [7, 11) is 0. The highest BCUT2D eigenvalue weighted by atomic mass is 15.3. The van der Waals surface area contributed by atoms with Crippen LogP contribution in [0.1, 0.15) is 49.7 Å². The van der Waals surface area contributed by atoms with Crippen LogP contribution in [-0.2, 0) is 19.3 Å². The molecule has 0 radical (unpaired) electrons. The predicted octanol–water partition coefficient (Wildman–Crippen LogP) is 3.45. The minimum absolute atomic E-state index is 0.488. The van der Waals surface area contributed by atoms with Gasteiger partial charge in [0.05, 0.1) is 11.9 Å². The zero-order chi connectivity index (χ0) is 20.1. The molecule has 29 heavy (non-hydrogen) atoms. The maximum absolute atomic E-state index is 6.26. The summed E-state index contributed by atoms with van der Waals surface area (Å²) < 4.78 is 1.95. The van der Waals surface area contributed by atoms with Gasteiger partial charge in [-0.25, -0.2) is 14.5 Å². The van der Waals surface area contributed by atoms with E-state index in [0.717, 1.165) is 56.7 Å². The highest BCUT2D eigenvalue weighted by Crippen LogP contribution is 2.22. The van der Waals surface area contributed by atoms with Crippen molar-refractivity contribution in [3.8, 4) is 0 Å². The largest absolute Gasteiger partial charge is 0.380 e. The summed E-state index contributed by atoms with van der Waals surface area (Å²) >= 11 is 0. The highest BCUT2D eigenvalue weighted by molar-refractivity contribution is 5.59. The van der Waals surface area contributed by atoms with Gasteiger partial charge in [0, 0.05) is 6.42 Å². The molecule has 0 amide bonds. The number of hydrogen-bond donors (Lipinski definition) is 2. The number of imidazole rings is 1. The summed E-state index contributed by atoms with van der Waals surface area (Å²) in [4.78, 5) is 9.10. The van der Waals surface area contributed by atoms with Gasteiger partial charge in [0.15, 0.2) is 17.3 Å². The Bertz CT molecular complexity index is 914. The van der Waals surface area contributed by atoms with Gasteiger partial charge in [0.25, 0.3) is 0 Å². The number of anilines is 1. The lowest BCUT2D eigenvalue weighted by Crippen LogP contribution is -2.29. The molecule has 3 heterocycles. The molecule has 1 unspecified atom stereocenters. The quantitative estimate of drug-likeness (QED) is 0.614. The molecule has 6 nitrogen and oxygen atoms in total. The van der Waals surface area contributed by atoms with Gasteiger partial charge < -0.3 is 11.1 Å². The Morgan fingerprint density at radius 1 is 1.17 bits per heavy atom. The fourth-order valence-corrected chi connectivity index (χ4v) is 4.49. The van der Waals surface area contributed by atoms with E-state index < -0.39 is 0 Å². The maximum atomic E-state index is 6.26. The van der Waals surface area contributed by atoms with Crippen molar-refractivity contribution in [2.24, 2.45) is 11.8 Å². The molecule has 1 aliphatic rings. The first kappa shape index (κ1) is 19.8. The van der Waals surface area contributed by atoms with Crippen LogP contribution in [0.4, 0.5) is 5.82 Å². The van der Waals surface area contributed by atoms with E-state index in [0.29, 0.717) is 23.3 Å². The van der Waals surface area contributed by atoms with Gasteiger partial charge in [-0.05, 0) is 62.6 Å². The highest BCUT2D eigenvalue weighted by Gasteiger charge is 2.19. The van der Waals surface area contributed by atoms with Crippen molar-refractivity contribution in [1.82, 2.24) is 24.9 Å². The van der Waals surface area contributed by atoms with E-state index in [2.05, 4.69) is 52.5 Å². The fourth-order valence-electron chi connectivity index (χ4n) is 4.49. The Kier molecular flexibility index (Phi) is 6.39. The van der Waals surface area contributed by atoms with Gasteiger partial charge in [-0.15, -0.1) is 0 Å². The molecule has 0 spiro atoms. The van der Waals surface area contributed by atoms with Gasteiger partial charge in [-0.2, -0.15) is 5.10 Å². The van der Waals surface area contributed by atoms with Crippen molar-refractivity contribution in [1.29, 1.82) is 0 Å². The summed E-state index contributed by atoms with van der Waals surface area (Å²) in [6.45, 7) is 4.44. The molecular weight excluding hydrogens is 360 g/mol. The second-order valence-corrected chi connectivity index (χ2v) is 8.34. The number of hydrogen-bond acceptors (Lipinski definition) is 5. The maximum Gasteiger partial charge on any atom is 0.196 e. The monoisotopic (exact) mass is 392 g/mol. The summed E-state index contributed by atoms with van der Waals surface area (Å²) in [5.74, 6) is 2.51. The fraction of sp³-hybridized carbons (Fsp3) is 0.522. The molecule has 0 bridgehead atoms. The second-order valence-electron chi connectivity index (χ2n) is 8.34. The normalized spacial score (nSPS) is 16.3. The van der Waals surface area contributed by atoms with E-state index in [4.69, 9.17) is 10.8 Å². The minimum atomic E-state index is 0.488. The van der Waals surface area contributed by atoms with Crippen LogP contribution in [0.25, 0.3) is 5.65 Å². The predicted molar refractivity (Wildman–Crippen MR) is 117 cm³/mol. The van der Waals surface area contributed by atoms with Crippen molar-refractivity contribution in [3.05, 3.63) is 53.6 Å². The number of nitrogens with zero attached hydrogens (tertiary/aromatic N) is 4. The van der Waals surface area contributed by atoms with Crippen LogP contribution in [0.15, 0.2) is 36.5 Å². The summed E-state index contributed by atoms with van der Waals surface area (Å²) in [5.41, 5.74) is 9.47. The molecular formula is C23H32N6. The first-order valence-corrected chi connectivity index (χ1v) is 11.0. The van der Waals surface area contributed by atoms with Crippen molar-refractivity contribution in [2.45, 2.75) is 51.9 Å². The smallest absolute Gasteiger partial charge is 0.196 e. The van der Waals surface area contributed by atoms with Crippen LogP contribution >= 0.6 is 0 Å². The van der Waals surface area contributed by atoms with Crippen molar-refractivity contribution >= 4 is 11.5 Å². The standard InChI is InChI=1S/C23H32N6/c1-2-6-19(13-17-7-4-3-5-8-17)15-21-27-22(24)23-26-16-20(29(23)28-21)14-18-9-11-25-12-10-18/h3-5,7-8,16,18-19,25H,2,6,9-15H2,1H3,(H2,24,27,28). The lowest BCUT2D eigenvalue weighted by molar-refractivity contribution is 0.368. The number of fused-ring (bicyclic) bond motifs is 1. The Balaban J connectivity index is 1.54. The van der Waals surface area contributed by atoms with E-state index >= 15 is 0 Å². The average Bonchev–Trinajstić information content (AvgIpc) is 3.13. The summed E-state index contributed by atoms with van der Waals surface area (Å²) in [6, 6.07) is 10.7. The zero-order valence-corrected chi connectivity index (χ0v) is 17.3. The molecule has 1 fully saturated rings. The summed E-state index contributed by atoms with van der Waals surface area (Å²) in [6.07, 6.45) is 9.53. The molecule has 1 aromatic carbocycles. The van der Waals surface area contributed by atoms with Crippen LogP contribution in [0, 0.1) is 11.8 Å². The van der Waals surface area contributed by atoms with Gasteiger partial charge >= 0.3 is 0 Å². The Morgan fingerprint density at radius 3 is 2.72 bits per heavy atom. The number of nitrogens with two attached hydrogens (primary N) is 1. The third kappa shape index (κ3) is 4.93. The summed E-state index contributed by atoms with van der Waals surface area (Å²) in [5, 5.41) is 8.31. The number of aromatic nitrogens is 4. The van der Waals surface area contributed by atoms with Crippen molar-refractivity contribution in [2.75, 3.05) is 18.8 Å². The third-order valence-electron chi connectivity index (χ3n) is 5.99. The van der Waals surface area contributed by atoms with E-state index in [-0.39, 0.29) is 0 Å². The van der Waals surface area contributed by atoms with Gasteiger partial charge in [-0.3, -0.25) is 0 Å². The molecule has 2 aromatic heterocycles. The van der Waals surface area contributed by atoms with Gasteiger partial charge in [0.1, 0.15) is 0 Å². The molecule has 6 heteroatoms. The van der Waals surface area contributed by atoms with Crippen LogP contribution in [0.2, 0.25) is 0 Å². The lowest BCUT2D eigenvalue weighted by Gasteiger charge is -2.22. The van der Waals surface area contributed by atoms with E-state index in [9.17, 15) is 0 Å². The van der Waals surface area contributed by atoms with Crippen LogP contribution in [0.3, 0.4) is 0 Å². The van der Waals surface area contributed by atoms with E-state index in [1.807, 2.05) is 10.7 Å². The Morgan fingerprint density at radius 2 is 1.97 bits per heavy atom. The first-order chi connectivity index (χ1) is 14.2. The minimum Gasteiger partial charge on any atom is -0.380 e. The van der Waals surface area contributed by atoms with Crippen molar-refractivity contribution < 1.29 is 0 Å². The number of nitrogens with one attached hydrogen (secondary N) is 1. The Hall–Kier alpha value is -2.47. The molecule has 3 aromatic rings.